The second-order valence-electron chi connectivity index (χ2n) is 2.85. The smallest absolute Gasteiger partial charge is 0.398 e. The molecule has 0 spiro atoms. The van der Waals surface area contributed by atoms with Gasteiger partial charge in [-0.1, -0.05) is 23.9 Å². The standard InChI is InChI=1S/C9H6F3NOS/c10-9(11,12)5-15-8-13-6-3-1-2-4-7(6)14-8/h1-4H,5H2. The summed E-state index contributed by atoms with van der Waals surface area (Å²) in [7, 11) is 0. The zero-order valence-electron chi connectivity index (χ0n) is 7.41. The fraction of sp³-hybridized carbons (Fsp3) is 0.222. The highest BCUT2D eigenvalue weighted by Gasteiger charge is 2.28. The third-order valence-electron chi connectivity index (χ3n) is 1.63. The molecular formula is C9H6F3NOS. The van der Waals surface area contributed by atoms with Crippen LogP contribution >= 0.6 is 11.8 Å². The van der Waals surface area contributed by atoms with Crippen LogP contribution in [0, 0.1) is 0 Å². The molecule has 0 aliphatic heterocycles. The summed E-state index contributed by atoms with van der Waals surface area (Å²) in [4.78, 5) is 3.91. The van der Waals surface area contributed by atoms with Crippen molar-refractivity contribution in [2.45, 2.75) is 11.4 Å². The van der Waals surface area contributed by atoms with Crippen molar-refractivity contribution in [2.75, 3.05) is 5.75 Å². The van der Waals surface area contributed by atoms with Gasteiger partial charge in [-0.05, 0) is 12.1 Å². The number of benzene rings is 1. The Labute approximate surface area is 87.5 Å². The molecule has 6 heteroatoms. The Morgan fingerprint density at radius 2 is 2.00 bits per heavy atom. The number of nitrogens with zero attached hydrogens (tertiary/aromatic N) is 1. The van der Waals surface area contributed by atoms with Crippen LogP contribution < -0.4 is 0 Å². The second-order valence-corrected chi connectivity index (χ2v) is 3.78. The Morgan fingerprint density at radius 3 is 2.67 bits per heavy atom. The summed E-state index contributed by atoms with van der Waals surface area (Å²) < 4.78 is 40.8. The topological polar surface area (TPSA) is 26.0 Å². The first-order valence-corrected chi connectivity index (χ1v) is 5.08. The summed E-state index contributed by atoms with van der Waals surface area (Å²) in [6.45, 7) is 0. The van der Waals surface area contributed by atoms with Crippen LogP contribution in [0.15, 0.2) is 33.9 Å². The fourth-order valence-electron chi connectivity index (χ4n) is 1.06. The maximum atomic E-state index is 11.9. The Morgan fingerprint density at radius 1 is 1.27 bits per heavy atom. The highest BCUT2D eigenvalue weighted by Crippen LogP contribution is 2.28. The number of thioether (sulfide) groups is 1. The summed E-state index contributed by atoms with van der Waals surface area (Å²) in [5.74, 6) is -0.986. The molecule has 0 unspecified atom stereocenters. The van der Waals surface area contributed by atoms with Crippen LogP contribution in [0.25, 0.3) is 11.1 Å². The van der Waals surface area contributed by atoms with E-state index < -0.39 is 11.9 Å². The van der Waals surface area contributed by atoms with Gasteiger partial charge >= 0.3 is 6.18 Å². The summed E-state index contributed by atoms with van der Waals surface area (Å²) in [6.07, 6.45) is -4.20. The number of rotatable bonds is 2. The molecule has 0 radical (unpaired) electrons. The molecule has 0 saturated carbocycles. The van der Waals surface area contributed by atoms with E-state index in [9.17, 15) is 13.2 Å². The van der Waals surface area contributed by atoms with E-state index in [-0.39, 0.29) is 5.22 Å². The Balaban J connectivity index is 2.16. The third-order valence-corrected chi connectivity index (χ3v) is 2.53. The average Bonchev–Trinajstić information content (AvgIpc) is 2.56. The van der Waals surface area contributed by atoms with E-state index in [1.807, 2.05) is 0 Å². The van der Waals surface area contributed by atoms with E-state index in [4.69, 9.17) is 4.42 Å². The van der Waals surface area contributed by atoms with Gasteiger partial charge in [-0.15, -0.1) is 0 Å². The van der Waals surface area contributed by atoms with Gasteiger partial charge in [0.1, 0.15) is 5.52 Å². The van der Waals surface area contributed by atoms with E-state index in [2.05, 4.69) is 4.98 Å². The minimum atomic E-state index is -4.20. The van der Waals surface area contributed by atoms with Crippen molar-refractivity contribution in [2.24, 2.45) is 0 Å². The lowest BCUT2D eigenvalue weighted by atomic mass is 10.3. The number of fused-ring (bicyclic) bond motifs is 1. The minimum absolute atomic E-state index is 0.0496. The lowest BCUT2D eigenvalue weighted by molar-refractivity contribution is -0.105. The predicted octanol–water partition coefficient (Wildman–Crippen LogP) is 3.48. The molecule has 1 heterocycles. The van der Waals surface area contributed by atoms with E-state index in [1.54, 1.807) is 24.3 Å². The Kier molecular flexibility index (Phi) is 2.60. The van der Waals surface area contributed by atoms with Crippen LogP contribution in [0.2, 0.25) is 0 Å². The van der Waals surface area contributed by atoms with Crippen LogP contribution in [-0.4, -0.2) is 16.9 Å². The maximum absolute atomic E-state index is 11.9. The number of para-hydroxylation sites is 2. The fourth-order valence-corrected chi connectivity index (χ4v) is 1.66. The number of hydrogen-bond donors (Lipinski definition) is 0. The average molecular weight is 233 g/mol. The Bertz CT molecular complexity index is 433. The van der Waals surface area contributed by atoms with Gasteiger partial charge in [-0.3, -0.25) is 0 Å². The molecule has 2 aromatic rings. The number of halogens is 3. The van der Waals surface area contributed by atoms with Gasteiger partial charge in [0.2, 0.25) is 0 Å². The molecule has 2 rings (SSSR count). The second kappa shape index (κ2) is 3.77. The van der Waals surface area contributed by atoms with Gasteiger partial charge in [0.15, 0.2) is 5.58 Å². The first-order valence-electron chi connectivity index (χ1n) is 4.10. The van der Waals surface area contributed by atoms with Crippen molar-refractivity contribution < 1.29 is 17.6 Å². The maximum Gasteiger partial charge on any atom is 0.398 e. The molecule has 0 N–H and O–H groups in total. The summed E-state index contributed by atoms with van der Waals surface area (Å²) in [5, 5.41) is 0.0496. The SMILES string of the molecule is FC(F)(F)CSc1nc2ccccc2o1. The summed E-state index contributed by atoms with van der Waals surface area (Å²) >= 11 is 0.550. The van der Waals surface area contributed by atoms with Crippen molar-refractivity contribution in [3.63, 3.8) is 0 Å². The van der Waals surface area contributed by atoms with Crippen molar-refractivity contribution in [1.82, 2.24) is 4.98 Å². The molecule has 0 aliphatic carbocycles. The molecule has 0 saturated heterocycles. The molecule has 0 amide bonds. The first kappa shape index (κ1) is 10.4. The molecule has 2 nitrogen and oxygen atoms in total. The third kappa shape index (κ3) is 2.65. The zero-order valence-corrected chi connectivity index (χ0v) is 8.23. The number of oxazole rings is 1. The van der Waals surface area contributed by atoms with E-state index >= 15 is 0 Å². The monoisotopic (exact) mass is 233 g/mol. The summed E-state index contributed by atoms with van der Waals surface area (Å²) in [6, 6.07) is 6.85. The molecule has 0 fully saturated rings. The molecule has 1 aromatic heterocycles. The molecule has 0 atom stereocenters. The summed E-state index contributed by atoms with van der Waals surface area (Å²) in [5.41, 5.74) is 1.07. The zero-order chi connectivity index (χ0) is 10.9. The number of hydrogen-bond acceptors (Lipinski definition) is 3. The Hall–Kier alpha value is -1.17. The van der Waals surface area contributed by atoms with Crippen molar-refractivity contribution in [3.8, 4) is 0 Å². The van der Waals surface area contributed by atoms with Crippen molar-refractivity contribution in [3.05, 3.63) is 24.3 Å². The van der Waals surface area contributed by atoms with Crippen molar-refractivity contribution >= 4 is 22.9 Å². The van der Waals surface area contributed by atoms with Gasteiger partial charge in [0.25, 0.3) is 5.22 Å². The van der Waals surface area contributed by atoms with Gasteiger partial charge in [0, 0.05) is 0 Å². The largest absolute Gasteiger partial charge is 0.431 e. The number of alkyl halides is 3. The van der Waals surface area contributed by atoms with Gasteiger partial charge in [-0.25, -0.2) is 4.98 Å². The predicted molar refractivity (Wildman–Crippen MR) is 50.8 cm³/mol. The van der Waals surface area contributed by atoms with E-state index in [0.29, 0.717) is 22.9 Å². The van der Waals surface area contributed by atoms with Crippen LogP contribution in [0.4, 0.5) is 13.2 Å². The van der Waals surface area contributed by atoms with Crippen molar-refractivity contribution in [1.29, 1.82) is 0 Å². The van der Waals surface area contributed by atoms with Crippen LogP contribution in [0.1, 0.15) is 0 Å². The van der Waals surface area contributed by atoms with E-state index in [1.165, 1.54) is 0 Å². The normalized spacial score (nSPS) is 12.2. The molecule has 1 aromatic carbocycles. The van der Waals surface area contributed by atoms with Crippen LogP contribution in [0.5, 0.6) is 0 Å². The highest BCUT2D eigenvalue weighted by atomic mass is 32.2. The van der Waals surface area contributed by atoms with Crippen LogP contribution in [-0.2, 0) is 0 Å². The molecular weight excluding hydrogens is 227 g/mol. The molecule has 80 valence electrons. The van der Waals surface area contributed by atoms with Gasteiger partial charge in [-0.2, -0.15) is 13.2 Å². The number of aromatic nitrogens is 1. The van der Waals surface area contributed by atoms with Gasteiger partial charge < -0.3 is 4.42 Å². The molecule has 0 aliphatic rings. The molecule has 0 bridgehead atoms. The van der Waals surface area contributed by atoms with Gasteiger partial charge in [0.05, 0.1) is 5.75 Å². The van der Waals surface area contributed by atoms with Crippen LogP contribution in [0.3, 0.4) is 0 Å². The molecule has 15 heavy (non-hydrogen) atoms. The quantitative estimate of drug-likeness (QED) is 0.743. The lowest BCUT2D eigenvalue weighted by Crippen LogP contribution is -2.10. The highest BCUT2D eigenvalue weighted by molar-refractivity contribution is 7.99. The lowest BCUT2D eigenvalue weighted by Gasteiger charge is -2.01. The minimum Gasteiger partial charge on any atom is -0.431 e. The van der Waals surface area contributed by atoms with E-state index in [0.717, 1.165) is 0 Å². The first-order chi connectivity index (χ1) is 7.04.